The molecule has 1 rings (SSSR count). The monoisotopic (exact) mass is 258 g/mol. The molecule has 0 aromatic heterocycles. The molecule has 0 atom stereocenters. The molecule has 0 N–H and O–H groups in total. The first-order chi connectivity index (χ1) is 7.26. The van der Waals surface area contributed by atoms with Crippen molar-refractivity contribution in [2.75, 3.05) is 6.61 Å². The third kappa shape index (κ3) is 3.88. The lowest BCUT2D eigenvalue weighted by molar-refractivity contribution is -0.146. The molecule has 0 aromatic carbocycles. The van der Waals surface area contributed by atoms with E-state index in [1.807, 2.05) is 0 Å². The summed E-state index contributed by atoms with van der Waals surface area (Å²) in [6.07, 6.45) is 1.61. The largest absolute Gasteiger partial charge is 0.461 e. The summed E-state index contributed by atoms with van der Waals surface area (Å²) in [5.74, 6) is -0.0126. The summed E-state index contributed by atoms with van der Waals surface area (Å²) in [6.45, 7) is 12.6. The number of carbonyl (C=O) groups is 1. The van der Waals surface area contributed by atoms with Gasteiger partial charge in [-0.1, -0.05) is 12.7 Å². The highest BCUT2D eigenvalue weighted by molar-refractivity contribution is 6.86. The Morgan fingerprint density at radius 2 is 1.88 bits per heavy atom. The fraction of sp³-hybridized carbons (Fsp3) is 0.727. The molecule has 0 aromatic rings. The minimum Gasteiger partial charge on any atom is -0.461 e. The summed E-state index contributed by atoms with van der Waals surface area (Å²) >= 11 is 0. The Bertz CT molecular complexity index is 271. The van der Waals surface area contributed by atoms with Gasteiger partial charge in [-0.25, -0.2) is 0 Å². The van der Waals surface area contributed by atoms with Crippen molar-refractivity contribution >= 4 is 22.6 Å². The molecule has 3 nitrogen and oxygen atoms in total. The zero-order chi connectivity index (χ0) is 12.4. The predicted molar refractivity (Wildman–Crippen MR) is 70.3 cm³/mol. The number of carbonyl (C=O) groups excluding carboxylic acids is 1. The second-order valence-electron chi connectivity index (χ2n) is 5.65. The smallest absolute Gasteiger partial charge is 0.308 e. The predicted octanol–water partition coefficient (Wildman–Crippen LogP) is 2.77. The second kappa shape index (κ2) is 4.85. The van der Waals surface area contributed by atoms with Crippen LogP contribution in [0, 0.1) is 5.92 Å². The first-order valence-corrected chi connectivity index (χ1v) is 12.0. The summed E-state index contributed by atoms with van der Waals surface area (Å²) in [7, 11) is -3.31. The molecular formula is C11H22O3Si2. The van der Waals surface area contributed by atoms with Gasteiger partial charge in [0.25, 0.3) is 0 Å². The van der Waals surface area contributed by atoms with Crippen LogP contribution in [0.15, 0.2) is 12.7 Å². The van der Waals surface area contributed by atoms with E-state index in [-0.39, 0.29) is 11.9 Å². The molecule has 5 heteroatoms. The Labute approximate surface area is 100 Å². The maximum Gasteiger partial charge on any atom is 0.308 e. The van der Waals surface area contributed by atoms with Crippen LogP contribution in [0.5, 0.6) is 0 Å². The molecule has 1 aliphatic heterocycles. The highest BCUT2D eigenvalue weighted by Crippen LogP contribution is 2.36. The van der Waals surface area contributed by atoms with Gasteiger partial charge in [0.1, 0.15) is 6.61 Å². The van der Waals surface area contributed by atoms with E-state index in [2.05, 4.69) is 32.8 Å². The first-order valence-electron chi connectivity index (χ1n) is 5.73. The van der Waals surface area contributed by atoms with Gasteiger partial charge in [-0.2, -0.15) is 0 Å². The average Bonchev–Trinajstić information content (AvgIpc) is 2.09. The second-order valence-corrected chi connectivity index (χ2v) is 14.3. The molecule has 0 aliphatic carbocycles. The van der Waals surface area contributed by atoms with Gasteiger partial charge in [0.05, 0.1) is 5.92 Å². The molecule has 1 heterocycles. The number of hydrogen-bond donors (Lipinski definition) is 0. The third-order valence-electron chi connectivity index (χ3n) is 2.71. The Morgan fingerprint density at radius 3 is 2.31 bits per heavy atom. The zero-order valence-corrected chi connectivity index (χ0v) is 12.7. The highest BCUT2D eigenvalue weighted by Gasteiger charge is 2.45. The van der Waals surface area contributed by atoms with Gasteiger partial charge in [-0.05, 0) is 38.3 Å². The Hall–Kier alpha value is -0.396. The van der Waals surface area contributed by atoms with Gasteiger partial charge in [-0.15, -0.1) is 0 Å². The Balaban J connectivity index is 2.66. The van der Waals surface area contributed by atoms with Gasteiger partial charge < -0.3 is 8.85 Å². The van der Waals surface area contributed by atoms with Crippen molar-refractivity contribution in [3.05, 3.63) is 12.7 Å². The minimum atomic E-state index is -1.66. The molecule has 92 valence electrons. The zero-order valence-electron chi connectivity index (χ0n) is 10.7. The Morgan fingerprint density at radius 1 is 1.38 bits per heavy atom. The van der Waals surface area contributed by atoms with Gasteiger partial charge in [0, 0.05) is 0 Å². The van der Waals surface area contributed by atoms with Crippen molar-refractivity contribution in [3.63, 3.8) is 0 Å². The highest BCUT2D eigenvalue weighted by atomic mass is 28.4. The SMILES string of the molecule is C=CCOC(=O)C1C[Si](C)(C)O[Si](C)(C)C1. The van der Waals surface area contributed by atoms with Crippen LogP contribution >= 0.6 is 0 Å². The lowest BCUT2D eigenvalue weighted by Gasteiger charge is -2.42. The van der Waals surface area contributed by atoms with Crippen LogP contribution in [0.2, 0.25) is 38.3 Å². The van der Waals surface area contributed by atoms with Crippen LogP contribution in [0.3, 0.4) is 0 Å². The van der Waals surface area contributed by atoms with Gasteiger partial charge >= 0.3 is 5.97 Å². The van der Waals surface area contributed by atoms with Gasteiger partial charge in [-0.3, -0.25) is 4.79 Å². The number of rotatable bonds is 3. The lowest BCUT2D eigenvalue weighted by atomic mass is 10.2. The molecule has 0 bridgehead atoms. The van der Waals surface area contributed by atoms with Crippen LogP contribution in [-0.4, -0.2) is 29.2 Å². The molecule has 1 fully saturated rings. The quantitative estimate of drug-likeness (QED) is 0.443. The van der Waals surface area contributed by atoms with E-state index in [1.54, 1.807) is 6.08 Å². The summed E-state index contributed by atoms with van der Waals surface area (Å²) in [5, 5.41) is 0. The number of esters is 1. The number of ether oxygens (including phenoxy) is 1. The molecule has 0 radical (unpaired) electrons. The van der Waals surface area contributed by atoms with E-state index < -0.39 is 16.6 Å². The molecule has 1 saturated heterocycles. The van der Waals surface area contributed by atoms with E-state index >= 15 is 0 Å². The maximum atomic E-state index is 11.9. The van der Waals surface area contributed by atoms with E-state index in [1.165, 1.54) is 0 Å². The van der Waals surface area contributed by atoms with Crippen molar-refractivity contribution < 1.29 is 13.6 Å². The first kappa shape index (κ1) is 13.7. The fourth-order valence-electron chi connectivity index (χ4n) is 2.52. The molecule has 0 unspecified atom stereocenters. The Kier molecular flexibility index (Phi) is 4.14. The normalized spacial score (nSPS) is 23.8. The van der Waals surface area contributed by atoms with Crippen LogP contribution in [0.1, 0.15) is 0 Å². The van der Waals surface area contributed by atoms with Crippen LogP contribution in [-0.2, 0) is 13.6 Å². The van der Waals surface area contributed by atoms with Crippen molar-refractivity contribution in [1.82, 2.24) is 0 Å². The van der Waals surface area contributed by atoms with E-state index in [0.29, 0.717) is 6.61 Å². The summed E-state index contributed by atoms with van der Waals surface area (Å²) in [6, 6.07) is 1.78. The molecule has 0 spiro atoms. The van der Waals surface area contributed by atoms with Crippen LogP contribution in [0.4, 0.5) is 0 Å². The van der Waals surface area contributed by atoms with Crippen LogP contribution < -0.4 is 0 Å². The third-order valence-corrected chi connectivity index (χ3v) is 10.1. The molecule has 1 aliphatic rings. The summed E-state index contributed by atoms with van der Waals surface area (Å²) in [4.78, 5) is 11.9. The molecule has 16 heavy (non-hydrogen) atoms. The van der Waals surface area contributed by atoms with E-state index in [0.717, 1.165) is 12.1 Å². The topological polar surface area (TPSA) is 35.5 Å². The van der Waals surface area contributed by atoms with Gasteiger partial charge in [0.15, 0.2) is 16.6 Å². The molecule has 0 amide bonds. The molecular weight excluding hydrogens is 236 g/mol. The standard InChI is InChI=1S/C11H22O3Si2/c1-6-7-13-11(12)10-8-15(2,3)14-16(4,5)9-10/h6,10H,1,7-9H2,2-5H3. The van der Waals surface area contributed by atoms with Crippen molar-refractivity contribution in [2.24, 2.45) is 5.92 Å². The maximum absolute atomic E-state index is 11.9. The van der Waals surface area contributed by atoms with Crippen LogP contribution in [0.25, 0.3) is 0 Å². The van der Waals surface area contributed by atoms with Crippen molar-refractivity contribution in [2.45, 2.75) is 38.3 Å². The van der Waals surface area contributed by atoms with Crippen molar-refractivity contribution in [1.29, 1.82) is 0 Å². The number of hydrogen-bond acceptors (Lipinski definition) is 3. The molecule has 0 saturated carbocycles. The van der Waals surface area contributed by atoms with E-state index in [4.69, 9.17) is 8.85 Å². The van der Waals surface area contributed by atoms with Gasteiger partial charge in [0.2, 0.25) is 0 Å². The average molecular weight is 258 g/mol. The minimum absolute atomic E-state index is 0.0528. The lowest BCUT2D eigenvalue weighted by Crippen LogP contribution is -2.52. The summed E-state index contributed by atoms with van der Waals surface area (Å²) < 4.78 is 11.3. The van der Waals surface area contributed by atoms with Crippen molar-refractivity contribution in [3.8, 4) is 0 Å². The fourth-order valence-corrected chi connectivity index (χ4v) is 12.5. The summed E-state index contributed by atoms with van der Waals surface area (Å²) in [5.41, 5.74) is 0. The van der Waals surface area contributed by atoms with E-state index in [9.17, 15) is 4.79 Å².